The van der Waals surface area contributed by atoms with Gasteiger partial charge in [-0.15, -0.1) is 12.4 Å². The van der Waals surface area contributed by atoms with Crippen LogP contribution in [0.3, 0.4) is 0 Å². The quantitative estimate of drug-likeness (QED) is 0.696. The van der Waals surface area contributed by atoms with E-state index in [0.29, 0.717) is 6.42 Å². The molecule has 7 heteroatoms. The Kier molecular flexibility index (Phi) is 5.98. The van der Waals surface area contributed by atoms with Gasteiger partial charge in [-0.2, -0.15) is 5.10 Å². The number of nitrogens with one attached hydrogen (secondary N) is 1. The van der Waals surface area contributed by atoms with E-state index in [2.05, 4.69) is 30.1 Å². The highest BCUT2D eigenvalue weighted by Gasteiger charge is 2.31. The van der Waals surface area contributed by atoms with Crippen LogP contribution in [-0.4, -0.2) is 51.6 Å². The third kappa shape index (κ3) is 3.67. The standard InChI is InChI=1S/C23H29N5O.ClH/c1-15-19(16(2)28-23(25-15)20-5-3-4-6-21(20)26-28)7-8-22(29)27-11-9-17-13-24-14-18(17)10-12-27;/h3-6,17-18,24H,7-14H2,1-2H3;1H/t17-,18+;. The van der Waals surface area contributed by atoms with Crippen molar-refractivity contribution in [3.8, 4) is 0 Å². The summed E-state index contributed by atoms with van der Waals surface area (Å²) in [7, 11) is 0. The predicted molar refractivity (Wildman–Crippen MR) is 121 cm³/mol. The van der Waals surface area contributed by atoms with Gasteiger partial charge in [0.1, 0.15) is 0 Å². The summed E-state index contributed by atoms with van der Waals surface area (Å²) in [5.74, 6) is 1.78. The molecule has 2 saturated heterocycles. The van der Waals surface area contributed by atoms with E-state index < -0.39 is 0 Å². The fourth-order valence-corrected chi connectivity index (χ4v) is 5.20. The van der Waals surface area contributed by atoms with Gasteiger partial charge in [0, 0.05) is 36.3 Å². The van der Waals surface area contributed by atoms with E-state index in [-0.39, 0.29) is 18.3 Å². The minimum absolute atomic E-state index is 0. The van der Waals surface area contributed by atoms with Gasteiger partial charge >= 0.3 is 0 Å². The summed E-state index contributed by atoms with van der Waals surface area (Å²) in [4.78, 5) is 19.9. The van der Waals surface area contributed by atoms with Crippen LogP contribution in [0.25, 0.3) is 16.6 Å². The van der Waals surface area contributed by atoms with E-state index in [1.54, 1.807) is 0 Å². The Hall–Kier alpha value is -2.18. The SMILES string of the molecule is Cc1nc2c3ccccc3nn2c(C)c1CCC(=O)N1CC[C@@H]2CNC[C@@H]2CC1.Cl. The summed E-state index contributed by atoms with van der Waals surface area (Å²) in [6.07, 6.45) is 3.54. The van der Waals surface area contributed by atoms with Crippen molar-refractivity contribution in [3.05, 3.63) is 41.2 Å². The van der Waals surface area contributed by atoms with Gasteiger partial charge in [-0.25, -0.2) is 9.50 Å². The molecule has 0 radical (unpaired) electrons. The Morgan fingerprint density at radius 2 is 1.83 bits per heavy atom. The molecule has 2 aromatic heterocycles. The average Bonchev–Trinajstić information content (AvgIpc) is 3.27. The largest absolute Gasteiger partial charge is 0.343 e. The zero-order valence-electron chi connectivity index (χ0n) is 17.7. The van der Waals surface area contributed by atoms with Crippen molar-refractivity contribution in [2.75, 3.05) is 26.2 Å². The highest BCUT2D eigenvalue weighted by atomic mass is 35.5. The van der Waals surface area contributed by atoms with Gasteiger partial charge in [-0.1, -0.05) is 12.1 Å². The van der Waals surface area contributed by atoms with Gasteiger partial charge in [-0.05, 0) is 75.7 Å². The second-order valence-electron chi connectivity index (χ2n) is 8.65. The lowest BCUT2D eigenvalue weighted by Gasteiger charge is -2.21. The molecule has 1 aromatic carbocycles. The number of carbonyl (C=O) groups is 1. The molecule has 0 saturated carbocycles. The normalized spacial score (nSPS) is 21.5. The lowest BCUT2D eigenvalue weighted by atomic mass is 9.92. The van der Waals surface area contributed by atoms with Crippen molar-refractivity contribution in [1.82, 2.24) is 24.8 Å². The third-order valence-corrected chi connectivity index (χ3v) is 6.98. The molecule has 2 aliphatic rings. The summed E-state index contributed by atoms with van der Waals surface area (Å²) in [6.45, 7) is 8.19. The minimum atomic E-state index is 0. The molecular formula is C23H30ClN5O. The second kappa shape index (κ2) is 8.52. The number of amides is 1. The lowest BCUT2D eigenvalue weighted by Crippen LogP contribution is -2.33. The maximum atomic E-state index is 12.9. The van der Waals surface area contributed by atoms with E-state index in [4.69, 9.17) is 10.1 Å². The van der Waals surface area contributed by atoms with E-state index >= 15 is 0 Å². The molecule has 4 heterocycles. The minimum Gasteiger partial charge on any atom is -0.343 e. The number of hydrogen-bond donors (Lipinski definition) is 1. The number of likely N-dealkylation sites (tertiary alicyclic amines) is 1. The van der Waals surface area contributed by atoms with Gasteiger partial charge in [0.25, 0.3) is 0 Å². The van der Waals surface area contributed by atoms with Crippen molar-refractivity contribution in [2.24, 2.45) is 11.8 Å². The lowest BCUT2D eigenvalue weighted by molar-refractivity contribution is -0.131. The van der Waals surface area contributed by atoms with Crippen LogP contribution in [0, 0.1) is 25.7 Å². The molecule has 160 valence electrons. The molecule has 2 atom stereocenters. The average molecular weight is 428 g/mol. The van der Waals surface area contributed by atoms with E-state index in [1.165, 1.54) is 0 Å². The topological polar surface area (TPSA) is 62.5 Å². The van der Waals surface area contributed by atoms with Gasteiger partial charge in [-0.3, -0.25) is 4.79 Å². The predicted octanol–water partition coefficient (Wildman–Crippen LogP) is 3.31. The first kappa shape index (κ1) is 21.1. The maximum absolute atomic E-state index is 12.9. The number of halogens is 1. The molecule has 6 nitrogen and oxygen atoms in total. The molecule has 0 bridgehead atoms. The number of fused-ring (bicyclic) bond motifs is 4. The molecule has 2 aliphatic heterocycles. The highest BCUT2D eigenvalue weighted by Crippen LogP contribution is 2.28. The van der Waals surface area contributed by atoms with Crippen molar-refractivity contribution >= 4 is 34.9 Å². The van der Waals surface area contributed by atoms with Crippen molar-refractivity contribution in [1.29, 1.82) is 0 Å². The number of benzene rings is 1. The maximum Gasteiger partial charge on any atom is 0.222 e. The molecule has 0 aliphatic carbocycles. The Labute approximate surface area is 183 Å². The monoisotopic (exact) mass is 427 g/mol. The number of aryl methyl sites for hydroxylation is 2. The number of hydrogen-bond acceptors (Lipinski definition) is 4. The Bertz CT molecular complexity index is 1060. The van der Waals surface area contributed by atoms with Gasteiger partial charge in [0.2, 0.25) is 5.91 Å². The van der Waals surface area contributed by atoms with Crippen LogP contribution >= 0.6 is 12.4 Å². The summed E-state index contributed by atoms with van der Waals surface area (Å²) in [5.41, 5.74) is 5.10. The molecular weight excluding hydrogens is 398 g/mol. The summed E-state index contributed by atoms with van der Waals surface area (Å²) in [6, 6.07) is 8.11. The fraction of sp³-hybridized carbons (Fsp3) is 0.522. The smallest absolute Gasteiger partial charge is 0.222 e. The summed E-state index contributed by atoms with van der Waals surface area (Å²) in [5, 5.41) is 9.31. The molecule has 0 spiro atoms. The number of nitrogens with zero attached hydrogens (tertiary/aromatic N) is 4. The zero-order chi connectivity index (χ0) is 20.0. The van der Waals surface area contributed by atoms with Crippen LogP contribution in [0.1, 0.15) is 36.2 Å². The van der Waals surface area contributed by atoms with Crippen LogP contribution in [0.2, 0.25) is 0 Å². The Morgan fingerprint density at radius 3 is 2.57 bits per heavy atom. The molecule has 1 amide bonds. The zero-order valence-corrected chi connectivity index (χ0v) is 18.5. The van der Waals surface area contributed by atoms with Crippen LogP contribution in [0.5, 0.6) is 0 Å². The molecule has 5 rings (SSSR count). The van der Waals surface area contributed by atoms with Crippen molar-refractivity contribution < 1.29 is 4.79 Å². The number of aromatic nitrogens is 3. The third-order valence-electron chi connectivity index (χ3n) is 6.98. The molecule has 30 heavy (non-hydrogen) atoms. The van der Waals surface area contributed by atoms with Crippen molar-refractivity contribution in [3.63, 3.8) is 0 Å². The second-order valence-corrected chi connectivity index (χ2v) is 8.65. The first-order valence-corrected chi connectivity index (χ1v) is 10.8. The number of carbonyl (C=O) groups excluding carboxylic acids is 1. The molecule has 2 fully saturated rings. The van der Waals surface area contributed by atoms with E-state index in [0.717, 1.165) is 90.8 Å². The van der Waals surface area contributed by atoms with Gasteiger partial charge < -0.3 is 10.2 Å². The summed E-state index contributed by atoms with van der Waals surface area (Å²) < 4.78 is 1.94. The molecule has 3 aromatic rings. The molecule has 1 N–H and O–H groups in total. The Balaban J connectivity index is 0.00000218. The van der Waals surface area contributed by atoms with Crippen LogP contribution in [0.4, 0.5) is 0 Å². The highest BCUT2D eigenvalue weighted by molar-refractivity contribution is 5.92. The first-order valence-electron chi connectivity index (χ1n) is 10.8. The fourth-order valence-electron chi connectivity index (χ4n) is 5.20. The number of rotatable bonds is 3. The van der Waals surface area contributed by atoms with Crippen LogP contribution < -0.4 is 5.32 Å². The molecule has 0 unspecified atom stereocenters. The van der Waals surface area contributed by atoms with Crippen LogP contribution in [0.15, 0.2) is 24.3 Å². The summed E-state index contributed by atoms with van der Waals surface area (Å²) >= 11 is 0. The van der Waals surface area contributed by atoms with Crippen molar-refractivity contribution in [2.45, 2.75) is 39.5 Å². The van der Waals surface area contributed by atoms with E-state index in [1.807, 2.05) is 22.7 Å². The first-order chi connectivity index (χ1) is 14.1. The van der Waals surface area contributed by atoms with Gasteiger partial charge in [0.15, 0.2) is 5.65 Å². The Morgan fingerprint density at radius 1 is 1.13 bits per heavy atom. The van der Waals surface area contributed by atoms with Gasteiger partial charge in [0.05, 0.1) is 5.52 Å². The van der Waals surface area contributed by atoms with E-state index in [9.17, 15) is 4.79 Å². The van der Waals surface area contributed by atoms with Crippen LogP contribution in [-0.2, 0) is 11.2 Å².